The molecule has 0 fully saturated rings. The Hall–Kier alpha value is -0.110. The van der Waals surface area contributed by atoms with Crippen LogP contribution < -0.4 is 5.32 Å². The Morgan fingerprint density at radius 1 is 1.46 bits per heavy atom. The number of allylic oxidation sites excluding steroid dienone is 1. The lowest BCUT2D eigenvalue weighted by molar-refractivity contribution is 0.589. The van der Waals surface area contributed by atoms with E-state index in [9.17, 15) is 0 Å². The van der Waals surface area contributed by atoms with E-state index in [2.05, 4.69) is 45.3 Å². The normalized spacial score (nSPS) is 11.4. The molecule has 0 aromatic rings. The zero-order valence-corrected chi connectivity index (χ0v) is 10.1. The molecule has 0 heterocycles. The molecule has 0 saturated carbocycles. The third kappa shape index (κ3) is 9.81. The number of thiol groups is 1. The summed E-state index contributed by atoms with van der Waals surface area (Å²) in [6.45, 7) is 11.5. The Balaban J connectivity index is 3.37. The molecule has 0 aliphatic rings. The molecular weight excluding hydrogens is 178 g/mol. The second kappa shape index (κ2) is 6.36. The van der Waals surface area contributed by atoms with Crippen molar-refractivity contribution in [2.24, 2.45) is 0 Å². The van der Waals surface area contributed by atoms with Crippen LogP contribution in [0.15, 0.2) is 12.3 Å². The van der Waals surface area contributed by atoms with E-state index in [1.54, 1.807) is 0 Å². The van der Waals surface area contributed by atoms with E-state index in [1.165, 1.54) is 12.1 Å². The van der Waals surface area contributed by atoms with Gasteiger partial charge in [-0.1, -0.05) is 27.4 Å². The summed E-state index contributed by atoms with van der Waals surface area (Å²) in [5.74, 6) is 0. The second-order valence-electron chi connectivity index (χ2n) is 4.20. The predicted octanol–water partition coefficient (Wildman–Crippen LogP) is 3.38. The van der Waals surface area contributed by atoms with Gasteiger partial charge in [-0.3, -0.25) is 0 Å². The molecule has 0 bridgehead atoms. The highest BCUT2D eigenvalue weighted by Gasteiger charge is 2.10. The lowest BCUT2D eigenvalue weighted by Gasteiger charge is -2.17. The van der Waals surface area contributed by atoms with Crippen molar-refractivity contribution in [1.82, 2.24) is 5.32 Å². The molecule has 13 heavy (non-hydrogen) atoms. The summed E-state index contributed by atoms with van der Waals surface area (Å²) in [5, 5.41) is 3.30. The topological polar surface area (TPSA) is 12.0 Å². The SMILES string of the molecule is C=C(CCCC(C)(C)S)NCCC. The fraction of sp³-hybridized carbons (Fsp3) is 0.818. The maximum absolute atomic E-state index is 4.48. The zero-order valence-electron chi connectivity index (χ0n) is 9.19. The van der Waals surface area contributed by atoms with E-state index in [0.29, 0.717) is 0 Å². The van der Waals surface area contributed by atoms with Crippen LogP contribution >= 0.6 is 12.6 Å². The maximum Gasteiger partial charge on any atom is 0.0141 e. The molecule has 2 heteroatoms. The fourth-order valence-electron chi connectivity index (χ4n) is 1.12. The summed E-state index contributed by atoms with van der Waals surface area (Å²) < 4.78 is 0.158. The summed E-state index contributed by atoms with van der Waals surface area (Å²) in [6, 6.07) is 0. The first kappa shape index (κ1) is 12.9. The molecule has 1 N–H and O–H groups in total. The molecule has 0 aliphatic heterocycles. The molecule has 0 atom stereocenters. The molecule has 0 aromatic carbocycles. The molecule has 0 aliphatic carbocycles. The van der Waals surface area contributed by atoms with Gasteiger partial charge in [-0.05, 0) is 25.7 Å². The quantitative estimate of drug-likeness (QED) is 0.602. The minimum Gasteiger partial charge on any atom is -0.389 e. The first-order valence-electron chi connectivity index (χ1n) is 5.09. The van der Waals surface area contributed by atoms with Crippen LogP contribution in [0.2, 0.25) is 0 Å². The fourth-order valence-corrected chi connectivity index (χ4v) is 1.28. The summed E-state index contributed by atoms with van der Waals surface area (Å²) >= 11 is 4.48. The van der Waals surface area contributed by atoms with E-state index in [-0.39, 0.29) is 4.75 Å². The van der Waals surface area contributed by atoms with Crippen molar-refractivity contribution in [2.45, 2.75) is 51.2 Å². The minimum absolute atomic E-state index is 0.158. The van der Waals surface area contributed by atoms with Crippen molar-refractivity contribution in [3.63, 3.8) is 0 Å². The van der Waals surface area contributed by atoms with Gasteiger partial charge >= 0.3 is 0 Å². The Labute approximate surface area is 88.4 Å². The molecule has 78 valence electrons. The van der Waals surface area contributed by atoms with Crippen LogP contribution in [0.1, 0.15) is 46.5 Å². The van der Waals surface area contributed by atoms with Crippen molar-refractivity contribution in [3.8, 4) is 0 Å². The van der Waals surface area contributed by atoms with E-state index in [0.717, 1.165) is 25.8 Å². The molecule has 0 aromatic heterocycles. The van der Waals surface area contributed by atoms with Crippen molar-refractivity contribution in [1.29, 1.82) is 0 Å². The Bertz CT molecular complexity index is 147. The van der Waals surface area contributed by atoms with E-state index >= 15 is 0 Å². The molecule has 0 unspecified atom stereocenters. The lowest BCUT2D eigenvalue weighted by Crippen LogP contribution is -2.14. The van der Waals surface area contributed by atoms with Crippen LogP contribution in [0.3, 0.4) is 0 Å². The predicted molar refractivity (Wildman–Crippen MR) is 64.3 cm³/mol. The van der Waals surface area contributed by atoms with Crippen LogP contribution in [-0.4, -0.2) is 11.3 Å². The van der Waals surface area contributed by atoms with Crippen LogP contribution in [0, 0.1) is 0 Å². The largest absolute Gasteiger partial charge is 0.389 e. The average molecular weight is 201 g/mol. The minimum atomic E-state index is 0.158. The van der Waals surface area contributed by atoms with Gasteiger partial charge in [0.25, 0.3) is 0 Å². The van der Waals surface area contributed by atoms with E-state index in [1.807, 2.05) is 0 Å². The van der Waals surface area contributed by atoms with Crippen molar-refractivity contribution >= 4 is 12.6 Å². The van der Waals surface area contributed by atoms with Crippen LogP contribution in [-0.2, 0) is 0 Å². The highest BCUT2D eigenvalue weighted by atomic mass is 32.1. The standard InChI is InChI=1S/C11H23NS/c1-5-9-12-10(2)7-6-8-11(3,4)13/h12-13H,2,5-9H2,1,3-4H3. The van der Waals surface area contributed by atoms with Gasteiger partial charge in [0, 0.05) is 17.0 Å². The average Bonchev–Trinajstić information content (AvgIpc) is 1.98. The second-order valence-corrected chi connectivity index (χ2v) is 5.41. The maximum atomic E-state index is 4.48. The Morgan fingerprint density at radius 3 is 2.54 bits per heavy atom. The molecule has 0 radical (unpaired) electrons. The van der Waals surface area contributed by atoms with Gasteiger partial charge in [-0.25, -0.2) is 0 Å². The zero-order chi connectivity index (χ0) is 10.3. The van der Waals surface area contributed by atoms with Crippen LogP contribution in [0.4, 0.5) is 0 Å². The summed E-state index contributed by atoms with van der Waals surface area (Å²) in [6.07, 6.45) is 4.55. The van der Waals surface area contributed by atoms with Gasteiger partial charge in [0.1, 0.15) is 0 Å². The third-order valence-electron chi connectivity index (χ3n) is 1.89. The first-order chi connectivity index (χ1) is 5.95. The summed E-state index contributed by atoms with van der Waals surface area (Å²) in [5.41, 5.74) is 1.17. The number of nitrogens with one attached hydrogen (secondary N) is 1. The van der Waals surface area contributed by atoms with Crippen molar-refractivity contribution < 1.29 is 0 Å². The smallest absolute Gasteiger partial charge is 0.0141 e. The monoisotopic (exact) mass is 201 g/mol. The molecular formula is C11H23NS. The number of rotatable bonds is 7. The molecule has 0 rings (SSSR count). The van der Waals surface area contributed by atoms with Crippen molar-refractivity contribution in [3.05, 3.63) is 12.3 Å². The Morgan fingerprint density at radius 2 is 2.08 bits per heavy atom. The third-order valence-corrected chi connectivity index (χ3v) is 2.12. The molecule has 0 amide bonds. The number of hydrogen-bond donors (Lipinski definition) is 2. The molecule has 0 saturated heterocycles. The van der Waals surface area contributed by atoms with Gasteiger partial charge in [0.2, 0.25) is 0 Å². The van der Waals surface area contributed by atoms with Gasteiger partial charge in [-0.2, -0.15) is 12.6 Å². The Kier molecular flexibility index (Phi) is 6.31. The molecule has 0 spiro atoms. The highest BCUT2D eigenvalue weighted by Crippen LogP contribution is 2.20. The van der Waals surface area contributed by atoms with E-state index < -0.39 is 0 Å². The van der Waals surface area contributed by atoms with E-state index in [4.69, 9.17) is 0 Å². The van der Waals surface area contributed by atoms with Gasteiger partial charge < -0.3 is 5.32 Å². The van der Waals surface area contributed by atoms with Crippen LogP contribution in [0.5, 0.6) is 0 Å². The van der Waals surface area contributed by atoms with Gasteiger partial charge in [-0.15, -0.1) is 0 Å². The molecule has 1 nitrogen and oxygen atoms in total. The first-order valence-corrected chi connectivity index (χ1v) is 5.54. The van der Waals surface area contributed by atoms with Gasteiger partial charge in [0.05, 0.1) is 0 Å². The number of hydrogen-bond acceptors (Lipinski definition) is 2. The lowest BCUT2D eigenvalue weighted by atomic mass is 10.0. The summed E-state index contributed by atoms with van der Waals surface area (Å²) in [7, 11) is 0. The van der Waals surface area contributed by atoms with Crippen LogP contribution in [0.25, 0.3) is 0 Å². The highest BCUT2D eigenvalue weighted by molar-refractivity contribution is 7.81. The van der Waals surface area contributed by atoms with Crippen molar-refractivity contribution in [2.75, 3.05) is 6.54 Å². The summed E-state index contributed by atoms with van der Waals surface area (Å²) in [4.78, 5) is 0. The van der Waals surface area contributed by atoms with Gasteiger partial charge in [0.15, 0.2) is 0 Å².